The third kappa shape index (κ3) is 5.29. The Morgan fingerprint density at radius 1 is 1.11 bits per heavy atom. The minimum atomic E-state index is -0.554. The van der Waals surface area contributed by atoms with Crippen LogP contribution in [-0.2, 0) is 14.3 Å². The first kappa shape index (κ1) is 21.4. The van der Waals surface area contributed by atoms with Crippen molar-refractivity contribution in [3.05, 3.63) is 16.0 Å². The van der Waals surface area contributed by atoms with Gasteiger partial charge in [0.1, 0.15) is 9.88 Å². The van der Waals surface area contributed by atoms with Crippen molar-refractivity contribution in [1.82, 2.24) is 4.90 Å². The Labute approximate surface area is 164 Å². The summed E-state index contributed by atoms with van der Waals surface area (Å²) < 4.78 is 10.2. The van der Waals surface area contributed by atoms with Crippen LogP contribution in [0.25, 0.3) is 0 Å². The number of anilines is 1. The van der Waals surface area contributed by atoms with Gasteiger partial charge in [0, 0.05) is 6.04 Å². The van der Waals surface area contributed by atoms with E-state index < -0.39 is 11.9 Å². The largest absolute Gasteiger partial charge is 0.462 e. The highest BCUT2D eigenvalue weighted by molar-refractivity contribution is 7.18. The van der Waals surface area contributed by atoms with Crippen LogP contribution >= 0.6 is 11.3 Å². The number of likely N-dealkylation sites (N-methyl/N-ethyl adjacent to an activating group) is 1. The summed E-state index contributed by atoms with van der Waals surface area (Å²) in [5, 5.41) is 3.12. The minimum Gasteiger partial charge on any atom is -0.462 e. The first-order valence-corrected chi connectivity index (χ1v) is 10.2. The number of carbonyl (C=O) groups is 3. The zero-order valence-electron chi connectivity index (χ0n) is 16.4. The zero-order valence-corrected chi connectivity index (χ0v) is 17.2. The average Bonchev–Trinajstić information content (AvgIpc) is 3.23. The average molecular weight is 397 g/mol. The molecule has 0 spiro atoms. The maximum Gasteiger partial charge on any atom is 0.348 e. The predicted octanol–water partition coefficient (Wildman–Crippen LogP) is 3.22. The van der Waals surface area contributed by atoms with Gasteiger partial charge in [-0.3, -0.25) is 9.69 Å². The molecule has 0 saturated heterocycles. The SMILES string of the molecule is CCOC(=O)c1sc(NC(=O)CN(C)C2CCCC2)c(C(=O)OCC)c1C. The third-order valence-electron chi connectivity index (χ3n) is 4.68. The van der Waals surface area contributed by atoms with Crippen LogP contribution in [0, 0.1) is 6.92 Å². The number of nitrogens with one attached hydrogen (secondary N) is 1. The topological polar surface area (TPSA) is 84.9 Å². The highest BCUT2D eigenvalue weighted by Gasteiger charge is 2.28. The maximum absolute atomic E-state index is 12.5. The van der Waals surface area contributed by atoms with Crippen molar-refractivity contribution < 1.29 is 23.9 Å². The molecule has 2 rings (SSSR count). The van der Waals surface area contributed by atoms with E-state index in [0.717, 1.165) is 24.2 Å². The Kier molecular flexibility index (Phi) is 7.79. The fourth-order valence-electron chi connectivity index (χ4n) is 3.31. The van der Waals surface area contributed by atoms with Crippen molar-refractivity contribution in [2.45, 2.75) is 52.5 Å². The molecule has 1 amide bonds. The molecule has 1 N–H and O–H groups in total. The first-order valence-electron chi connectivity index (χ1n) is 9.36. The summed E-state index contributed by atoms with van der Waals surface area (Å²) in [5.41, 5.74) is 0.693. The molecule has 0 atom stereocenters. The molecule has 0 radical (unpaired) electrons. The van der Waals surface area contributed by atoms with E-state index in [9.17, 15) is 14.4 Å². The van der Waals surface area contributed by atoms with Crippen molar-refractivity contribution in [3.8, 4) is 0 Å². The van der Waals surface area contributed by atoms with Crippen LogP contribution in [0.2, 0.25) is 0 Å². The van der Waals surface area contributed by atoms with E-state index in [1.165, 1.54) is 12.8 Å². The number of hydrogen-bond acceptors (Lipinski definition) is 7. The quantitative estimate of drug-likeness (QED) is 0.679. The second-order valence-corrected chi connectivity index (χ2v) is 7.62. The lowest BCUT2D eigenvalue weighted by atomic mass is 10.1. The highest BCUT2D eigenvalue weighted by Crippen LogP contribution is 2.34. The van der Waals surface area contributed by atoms with Crippen LogP contribution in [0.5, 0.6) is 0 Å². The molecule has 7 nitrogen and oxygen atoms in total. The molecule has 1 aliphatic rings. The van der Waals surface area contributed by atoms with E-state index in [1.54, 1.807) is 20.8 Å². The molecule has 27 heavy (non-hydrogen) atoms. The Morgan fingerprint density at radius 2 is 1.70 bits per heavy atom. The van der Waals surface area contributed by atoms with E-state index in [2.05, 4.69) is 5.32 Å². The molecule has 1 aliphatic carbocycles. The summed E-state index contributed by atoms with van der Waals surface area (Å²) in [4.78, 5) is 39.4. The second kappa shape index (κ2) is 9.85. The fraction of sp³-hybridized carbons (Fsp3) is 0.632. The summed E-state index contributed by atoms with van der Waals surface area (Å²) in [6.45, 7) is 5.77. The molecule has 1 saturated carbocycles. The number of esters is 2. The van der Waals surface area contributed by atoms with E-state index in [-0.39, 0.29) is 31.2 Å². The number of carbonyl (C=O) groups excluding carboxylic acids is 3. The first-order chi connectivity index (χ1) is 12.9. The van der Waals surface area contributed by atoms with Gasteiger partial charge in [-0.2, -0.15) is 0 Å². The third-order valence-corrected chi connectivity index (χ3v) is 5.87. The van der Waals surface area contributed by atoms with E-state index in [1.807, 2.05) is 11.9 Å². The fourth-order valence-corrected chi connectivity index (χ4v) is 4.41. The Bertz CT molecular complexity index is 695. The predicted molar refractivity (Wildman–Crippen MR) is 104 cm³/mol. The Hall–Kier alpha value is -1.93. The minimum absolute atomic E-state index is 0.209. The van der Waals surface area contributed by atoms with Gasteiger partial charge in [0.2, 0.25) is 5.91 Å². The summed E-state index contributed by atoms with van der Waals surface area (Å²) in [5.74, 6) is -1.28. The van der Waals surface area contributed by atoms with Gasteiger partial charge in [-0.25, -0.2) is 9.59 Å². The standard InChI is InChI=1S/C19H28N2O5S/c1-5-25-18(23)15-12(3)16(19(24)26-6-2)27-17(15)20-14(22)11-21(4)13-9-7-8-10-13/h13H,5-11H2,1-4H3,(H,20,22). The number of hydrogen-bond donors (Lipinski definition) is 1. The van der Waals surface area contributed by atoms with E-state index in [0.29, 0.717) is 21.5 Å². The van der Waals surface area contributed by atoms with Crippen LogP contribution in [0.1, 0.15) is 65.1 Å². The summed E-state index contributed by atoms with van der Waals surface area (Å²) in [6.07, 6.45) is 4.58. The van der Waals surface area contributed by atoms with Crippen LogP contribution in [-0.4, -0.2) is 55.6 Å². The van der Waals surface area contributed by atoms with Gasteiger partial charge >= 0.3 is 11.9 Å². The monoisotopic (exact) mass is 396 g/mol. The lowest BCUT2D eigenvalue weighted by molar-refractivity contribution is -0.117. The number of thiophene rings is 1. The van der Waals surface area contributed by atoms with Crippen molar-refractivity contribution in [3.63, 3.8) is 0 Å². The van der Waals surface area contributed by atoms with E-state index >= 15 is 0 Å². The number of ether oxygens (including phenoxy) is 2. The molecular weight excluding hydrogens is 368 g/mol. The Morgan fingerprint density at radius 3 is 2.30 bits per heavy atom. The second-order valence-electron chi connectivity index (χ2n) is 6.60. The molecule has 150 valence electrons. The molecular formula is C19H28N2O5S. The normalized spacial score (nSPS) is 14.4. The smallest absolute Gasteiger partial charge is 0.348 e. The zero-order chi connectivity index (χ0) is 20.0. The summed E-state index contributed by atoms with van der Waals surface area (Å²) in [6, 6.07) is 0.417. The molecule has 8 heteroatoms. The number of amides is 1. The molecule has 0 unspecified atom stereocenters. The van der Waals surface area contributed by atoms with Gasteiger partial charge in [-0.05, 0) is 46.2 Å². The van der Waals surface area contributed by atoms with E-state index in [4.69, 9.17) is 9.47 Å². The van der Waals surface area contributed by atoms with Crippen molar-refractivity contribution in [1.29, 1.82) is 0 Å². The van der Waals surface area contributed by atoms with Crippen LogP contribution in [0.4, 0.5) is 5.00 Å². The van der Waals surface area contributed by atoms with Crippen LogP contribution in [0.3, 0.4) is 0 Å². The van der Waals surface area contributed by atoms with Gasteiger partial charge in [0.25, 0.3) is 0 Å². The van der Waals surface area contributed by atoms with Gasteiger partial charge in [-0.1, -0.05) is 12.8 Å². The van der Waals surface area contributed by atoms with Crippen molar-refractivity contribution in [2.24, 2.45) is 0 Å². The molecule has 1 aromatic rings. The lowest BCUT2D eigenvalue weighted by Gasteiger charge is -2.23. The van der Waals surface area contributed by atoms with Gasteiger partial charge in [-0.15, -0.1) is 11.3 Å². The van der Waals surface area contributed by atoms with Crippen molar-refractivity contribution >= 4 is 34.2 Å². The summed E-state index contributed by atoms with van der Waals surface area (Å²) in [7, 11) is 1.94. The molecule has 1 heterocycles. The molecule has 0 bridgehead atoms. The number of rotatable bonds is 8. The van der Waals surface area contributed by atoms with Crippen LogP contribution < -0.4 is 5.32 Å². The molecule has 1 fully saturated rings. The Balaban J connectivity index is 2.19. The molecule has 0 aliphatic heterocycles. The van der Waals surface area contributed by atoms with Crippen LogP contribution in [0.15, 0.2) is 0 Å². The summed E-state index contributed by atoms with van der Waals surface area (Å²) >= 11 is 1.05. The molecule has 1 aromatic heterocycles. The highest BCUT2D eigenvalue weighted by atomic mass is 32.1. The van der Waals surface area contributed by atoms with Gasteiger partial charge in [0.05, 0.1) is 25.3 Å². The number of nitrogens with zero attached hydrogens (tertiary/aromatic N) is 1. The lowest BCUT2D eigenvalue weighted by Crippen LogP contribution is -2.36. The van der Waals surface area contributed by atoms with Crippen molar-refractivity contribution in [2.75, 3.05) is 32.1 Å². The van der Waals surface area contributed by atoms with Gasteiger partial charge in [0.15, 0.2) is 0 Å². The van der Waals surface area contributed by atoms with Gasteiger partial charge < -0.3 is 14.8 Å². The maximum atomic E-state index is 12.5. The molecule has 0 aromatic carbocycles.